The van der Waals surface area contributed by atoms with Crippen molar-refractivity contribution in [2.24, 2.45) is 0 Å². The lowest BCUT2D eigenvalue weighted by atomic mass is 10.0. The minimum Gasteiger partial charge on any atom is -0.339 e. The first-order valence-electron chi connectivity index (χ1n) is 7.65. The molecule has 0 unspecified atom stereocenters. The van der Waals surface area contributed by atoms with Gasteiger partial charge in [0.25, 0.3) is 5.91 Å². The van der Waals surface area contributed by atoms with E-state index in [1.54, 1.807) is 11.9 Å². The maximum atomic E-state index is 12.5. The first-order valence-corrected chi connectivity index (χ1v) is 8.47. The number of nitrogens with zero attached hydrogens (tertiary/aromatic N) is 2. The second-order valence-corrected chi connectivity index (χ2v) is 6.79. The van der Waals surface area contributed by atoms with E-state index in [0.29, 0.717) is 5.56 Å². The van der Waals surface area contributed by atoms with Crippen LogP contribution in [-0.2, 0) is 0 Å². The number of carbonyl (C=O) groups excluding carboxylic acids is 1. The zero-order valence-electron chi connectivity index (χ0n) is 13.3. The van der Waals surface area contributed by atoms with Gasteiger partial charge in [0.1, 0.15) is 0 Å². The molecule has 1 heterocycles. The Hall–Kier alpha value is -1.21. The number of alkyl halides is 3. The Labute approximate surface area is 138 Å². The van der Waals surface area contributed by atoms with Crippen LogP contribution in [0.4, 0.5) is 13.2 Å². The van der Waals surface area contributed by atoms with E-state index in [0.717, 1.165) is 32.5 Å². The van der Waals surface area contributed by atoms with Crippen LogP contribution in [0.3, 0.4) is 0 Å². The summed E-state index contributed by atoms with van der Waals surface area (Å²) in [7, 11) is 1.77. The van der Waals surface area contributed by atoms with Gasteiger partial charge in [0.15, 0.2) is 0 Å². The number of hydrogen-bond donors (Lipinski definition) is 0. The summed E-state index contributed by atoms with van der Waals surface area (Å²) in [5.41, 5.74) is -3.88. The SMILES string of the molecule is CCN1CCC(N(C)C(=O)c2ccc(SC(F)(F)F)cc2)CC1. The molecule has 1 saturated heterocycles. The zero-order valence-corrected chi connectivity index (χ0v) is 14.1. The molecule has 23 heavy (non-hydrogen) atoms. The Kier molecular flexibility index (Phi) is 5.97. The van der Waals surface area contributed by atoms with Crippen molar-refractivity contribution < 1.29 is 18.0 Å². The molecular weight excluding hydrogens is 325 g/mol. The fourth-order valence-corrected chi connectivity index (χ4v) is 3.33. The van der Waals surface area contributed by atoms with Crippen molar-refractivity contribution in [3.63, 3.8) is 0 Å². The van der Waals surface area contributed by atoms with Gasteiger partial charge in [-0.15, -0.1) is 0 Å². The molecule has 0 atom stereocenters. The largest absolute Gasteiger partial charge is 0.446 e. The van der Waals surface area contributed by atoms with Crippen molar-refractivity contribution in [2.45, 2.75) is 36.2 Å². The second-order valence-electron chi connectivity index (χ2n) is 5.65. The van der Waals surface area contributed by atoms with Crippen molar-refractivity contribution in [1.82, 2.24) is 9.80 Å². The summed E-state index contributed by atoms with van der Waals surface area (Å²) in [6.07, 6.45) is 1.86. The summed E-state index contributed by atoms with van der Waals surface area (Å²) in [4.78, 5) is 16.6. The second kappa shape index (κ2) is 7.57. The van der Waals surface area contributed by atoms with Crippen molar-refractivity contribution in [3.8, 4) is 0 Å². The molecule has 1 aromatic carbocycles. The lowest BCUT2D eigenvalue weighted by Gasteiger charge is -2.36. The van der Waals surface area contributed by atoms with Crippen molar-refractivity contribution >= 4 is 17.7 Å². The van der Waals surface area contributed by atoms with Gasteiger partial charge in [0, 0.05) is 36.6 Å². The maximum Gasteiger partial charge on any atom is 0.446 e. The predicted octanol–water partition coefficient (Wildman–Crippen LogP) is 3.85. The number of carbonyl (C=O) groups is 1. The van der Waals surface area contributed by atoms with Crippen LogP contribution in [0.5, 0.6) is 0 Å². The Morgan fingerprint density at radius 3 is 2.30 bits per heavy atom. The molecule has 0 saturated carbocycles. The number of piperidine rings is 1. The van der Waals surface area contributed by atoms with Crippen LogP contribution in [0.2, 0.25) is 0 Å². The maximum absolute atomic E-state index is 12.5. The van der Waals surface area contributed by atoms with Gasteiger partial charge in [-0.25, -0.2) is 0 Å². The first kappa shape index (κ1) is 18.1. The lowest BCUT2D eigenvalue weighted by Crippen LogP contribution is -2.45. The summed E-state index contributed by atoms with van der Waals surface area (Å²) in [5, 5.41) is 0. The van der Waals surface area contributed by atoms with Crippen molar-refractivity contribution in [1.29, 1.82) is 0 Å². The molecule has 1 aromatic rings. The molecule has 0 radical (unpaired) electrons. The van der Waals surface area contributed by atoms with Crippen LogP contribution in [0.25, 0.3) is 0 Å². The molecule has 0 bridgehead atoms. The highest BCUT2D eigenvalue weighted by Crippen LogP contribution is 2.36. The molecular formula is C16H21F3N2OS. The number of benzene rings is 1. The molecule has 2 rings (SSSR count). The van der Waals surface area contributed by atoms with Gasteiger partial charge in [0.2, 0.25) is 0 Å². The van der Waals surface area contributed by atoms with Gasteiger partial charge in [-0.05, 0) is 55.4 Å². The third-order valence-corrected chi connectivity index (χ3v) is 4.95. The summed E-state index contributed by atoms with van der Waals surface area (Å²) in [6, 6.07) is 5.81. The first-order chi connectivity index (χ1) is 10.8. The minimum absolute atomic E-state index is 0.0907. The van der Waals surface area contributed by atoms with Gasteiger partial charge in [-0.2, -0.15) is 13.2 Å². The standard InChI is InChI=1S/C16H21F3N2OS/c1-3-21-10-8-13(9-11-21)20(2)15(22)12-4-6-14(7-5-12)23-16(17,18)19/h4-7,13H,3,8-11H2,1-2H3. The number of amides is 1. The highest BCUT2D eigenvalue weighted by molar-refractivity contribution is 8.00. The lowest BCUT2D eigenvalue weighted by molar-refractivity contribution is -0.0328. The van der Waals surface area contributed by atoms with E-state index < -0.39 is 5.51 Å². The number of thioether (sulfide) groups is 1. The summed E-state index contributed by atoms with van der Waals surface area (Å²) in [6.45, 7) is 5.08. The van der Waals surface area contributed by atoms with E-state index in [-0.39, 0.29) is 28.6 Å². The van der Waals surface area contributed by atoms with E-state index in [4.69, 9.17) is 0 Å². The Morgan fingerprint density at radius 1 is 1.26 bits per heavy atom. The molecule has 0 aliphatic carbocycles. The van der Waals surface area contributed by atoms with Crippen LogP contribution >= 0.6 is 11.8 Å². The normalized spacial score (nSPS) is 17.3. The predicted molar refractivity (Wildman–Crippen MR) is 85.6 cm³/mol. The number of rotatable bonds is 4. The van der Waals surface area contributed by atoms with Crippen LogP contribution < -0.4 is 0 Å². The van der Waals surface area contributed by atoms with E-state index >= 15 is 0 Å². The van der Waals surface area contributed by atoms with Crippen LogP contribution in [0.1, 0.15) is 30.1 Å². The summed E-state index contributed by atoms with van der Waals surface area (Å²) >= 11 is -0.170. The third kappa shape index (κ3) is 5.14. The van der Waals surface area contributed by atoms with E-state index in [1.165, 1.54) is 24.3 Å². The number of likely N-dealkylation sites (tertiary alicyclic amines) is 1. The van der Waals surface area contributed by atoms with Gasteiger partial charge in [0.05, 0.1) is 0 Å². The quantitative estimate of drug-likeness (QED) is 0.774. The molecule has 0 aromatic heterocycles. The molecule has 0 N–H and O–H groups in total. The van der Waals surface area contributed by atoms with Crippen molar-refractivity contribution in [2.75, 3.05) is 26.7 Å². The molecule has 1 aliphatic heterocycles. The monoisotopic (exact) mass is 346 g/mol. The summed E-state index contributed by atoms with van der Waals surface area (Å²) < 4.78 is 36.9. The molecule has 3 nitrogen and oxygen atoms in total. The van der Waals surface area contributed by atoms with Gasteiger partial charge >= 0.3 is 5.51 Å². The molecule has 7 heteroatoms. The minimum atomic E-state index is -4.31. The number of hydrogen-bond acceptors (Lipinski definition) is 3. The van der Waals surface area contributed by atoms with Gasteiger partial charge in [-0.1, -0.05) is 6.92 Å². The Morgan fingerprint density at radius 2 is 1.83 bits per heavy atom. The molecule has 0 spiro atoms. The fourth-order valence-electron chi connectivity index (χ4n) is 2.79. The topological polar surface area (TPSA) is 23.6 Å². The van der Waals surface area contributed by atoms with Gasteiger partial charge < -0.3 is 9.80 Å². The highest BCUT2D eigenvalue weighted by Gasteiger charge is 2.29. The average molecular weight is 346 g/mol. The van der Waals surface area contributed by atoms with Crippen LogP contribution in [0.15, 0.2) is 29.2 Å². The Bertz CT molecular complexity index is 525. The zero-order chi connectivity index (χ0) is 17.0. The molecule has 1 fully saturated rings. The molecule has 128 valence electrons. The average Bonchev–Trinajstić information content (AvgIpc) is 2.53. The van der Waals surface area contributed by atoms with Gasteiger partial charge in [-0.3, -0.25) is 4.79 Å². The van der Waals surface area contributed by atoms with E-state index in [1.807, 2.05) is 0 Å². The van der Waals surface area contributed by atoms with Crippen LogP contribution in [-0.4, -0.2) is 53.9 Å². The summed E-state index contributed by atoms with van der Waals surface area (Å²) in [5.74, 6) is -0.136. The van der Waals surface area contributed by atoms with Crippen molar-refractivity contribution in [3.05, 3.63) is 29.8 Å². The smallest absolute Gasteiger partial charge is 0.339 e. The number of halogens is 3. The van der Waals surface area contributed by atoms with E-state index in [2.05, 4.69) is 11.8 Å². The van der Waals surface area contributed by atoms with E-state index in [9.17, 15) is 18.0 Å². The highest BCUT2D eigenvalue weighted by atomic mass is 32.2. The molecule has 1 aliphatic rings. The Balaban J connectivity index is 1.97. The van der Waals surface area contributed by atoms with Crippen LogP contribution in [0, 0.1) is 0 Å². The third-order valence-electron chi connectivity index (χ3n) is 4.21. The fraction of sp³-hybridized carbons (Fsp3) is 0.562. The molecule has 1 amide bonds.